The van der Waals surface area contributed by atoms with Gasteiger partial charge in [-0.3, -0.25) is 4.79 Å². The predicted molar refractivity (Wildman–Crippen MR) is 139 cm³/mol. The number of aromatic amines is 1. The maximum absolute atomic E-state index is 13.3. The molecule has 0 radical (unpaired) electrons. The summed E-state index contributed by atoms with van der Waals surface area (Å²) in [4.78, 5) is 27.7. The Bertz CT molecular complexity index is 1590. The van der Waals surface area contributed by atoms with Gasteiger partial charge in [0.05, 0.1) is 40.3 Å². The van der Waals surface area contributed by atoms with Crippen LogP contribution in [0.15, 0.2) is 59.8 Å². The van der Waals surface area contributed by atoms with Crippen LogP contribution in [0.4, 0.5) is 11.4 Å². The second-order valence-corrected chi connectivity index (χ2v) is 12.0. The fourth-order valence-corrected chi connectivity index (χ4v) is 5.60. The van der Waals surface area contributed by atoms with E-state index < -0.39 is 15.1 Å². The molecule has 0 unspecified atom stereocenters. The molecule has 2 aromatic carbocycles. The largest absolute Gasteiger partial charge is 0.380 e. The summed E-state index contributed by atoms with van der Waals surface area (Å²) in [6.07, 6.45) is 3.40. The first-order chi connectivity index (χ1) is 17.3. The predicted octanol–water partition coefficient (Wildman–Crippen LogP) is 3.35. The summed E-state index contributed by atoms with van der Waals surface area (Å²) in [5.74, 6) is -0.0711. The molecule has 2 aliphatic rings. The van der Waals surface area contributed by atoms with Crippen molar-refractivity contribution in [1.29, 1.82) is 0 Å². The second kappa shape index (κ2) is 8.42. The van der Waals surface area contributed by atoms with Crippen molar-refractivity contribution in [3.8, 4) is 11.3 Å². The fraction of sp³-hybridized carbons (Fsp3) is 0.269. The topological polar surface area (TPSA) is 120 Å². The van der Waals surface area contributed by atoms with Gasteiger partial charge in [0, 0.05) is 36.1 Å². The van der Waals surface area contributed by atoms with Crippen molar-refractivity contribution in [2.75, 3.05) is 23.3 Å². The van der Waals surface area contributed by atoms with Crippen molar-refractivity contribution in [3.63, 3.8) is 0 Å². The van der Waals surface area contributed by atoms with Crippen LogP contribution in [0.1, 0.15) is 29.8 Å². The van der Waals surface area contributed by atoms with Gasteiger partial charge in [-0.25, -0.2) is 18.4 Å². The molecular formula is C26H26N6O3S. The van der Waals surface area contributed by atoms with E-state index in [0.29, 0.717) is 40.7 Å². The van der Waals surface area contributed by atoms with Crippen LogP contribution in [0.5, 0.6) is 0 Å². The van der Waals surface area contributed by atoms with Crippen LogP contribution in [0, 0.1) is 0 Å². The Labute approximate surface area is 208 Å². The molecule has 6 rings (SSSR count). The highest BCUT2D eigenvalue weighted by molar-refractivity contribution is 7.92. The van der Waals surface area contributed by atoms with Gasteiger partial charge >= 0.3 is 0 Å². The monoisotopic (exact) mass is 502 g/mol. The van der Waals surface area contributed by atoms with Crippen molar-refractivity contribution >= 4 is 38.3 Å². The highest BCUT2D eigenvalue weighted by Crippen LogP contribution is 2.34. The molecule has 4 aromatic rings. The molecule has 36 heavy (non-hydrogen) atoms. The van der Waals surface area contributed by atoms with E-state index >= 15 is 0 Å². The van der Waals surface area contributed by atoms with E-state index in [1.54, 1.807) is 55.4 Å². The van der Waals surface area contributed by atoms with Crippen molar-refractivity contribution in [2.45, 2.75) is 36.6 Å². The van der Waals surface area contributed by atoms with E-state index in [-0.39, 0.29) is 10.8 Å². The first-order valence-corrected chi connectivity index (χ1v) is 13.5. The minimum absolute atomic E-state index is 0.0711. The van der Waals surface area contributed by atoms with Crippen molar-refractivity contribution in [3.05, 3.63) is 66.0 Å². The van der Waals surface area contributed by atoms with Crippen LogP contribution in [0.3, 0.4) is 0 Å². The zero-order valence-electron chi connectivity index (χ0n) is 19.9. The lowest BCUT2D eigenvalue weighted by Crippen LogP contribution is -2.51. The number of nitrogens with one attached hydrogen (secondary N) is 3. The number of benzene rings is 2. The fourth-order valence-electron chi connectivity index (χ4n) is 4.54. The number of rotatable bonds is 6. The van der Waals surface area contributed by atoms with Gasteiger partial charge in [-0.05, 0) is 49.7 Å². The summed E-state index contributed by atoms with van der Waals surface area (Å²) in [6, 6.07) is 13.0. The molecule has 9 nitrogen and oxygen atoms in total. The van der Waals surface area contributed by atoms with E-state index in [1.165, 1.54) is 0 Å². The van der Waals surface area contributed by atoms with Crippen LogP contribution in [0.25, 0.3) is 22.4 Å². The second-order valence-electron chi connectivity index (χ2n) is 9.51. The zero-order valence-corrected chi connectivity index (χ0v) is 20.8. The number of amides is 1. The van der Waals surface area contributed by atoms with Gasteiger partial charge in [-0.1, -0.05) is 12.1 Å². The smallest absolute Gasteiger partial charge is 0.259 e. The number of nitrogens with zero attached hydrogens (tertiary/aromatic N) is 3. The third kappa shape index (κ3) is 3.73. The van der Waals surface area contributed by atoms with Crippen LogP contribution in [-0.2, 0) is 16.4 Å². The van der Waals surface area contributed by atoms with Crippen molar-refractivity contribution in [2.24, 2.45) is 0 Å². The number of H-pyrrole nitrogens is 1. The summed E-state index contributed by atoms with van der Waals surface area (Å²) in [6.45, 7) is 5.66. The van der Waals surface area contributed by atoms with Crippen molar-refractivity contribution in [1.82, 2.24) is 20.3 Å². The number of carbonyl (C=O) groups is 1. The highest BCUT2D eigenvalue weighted by atomic mass is 32.2. The van der Waals surface area contributed by atoms with Crippen LogP contribution < -0.4 is 15.5 Å². The normalized spacial score (nSPS) is 16.0. The molecule has 0 saturated carbocycles. The van der Waals surface area contributed by atoms with Crippen molar-refractivity contribution < 1.29 is 13.2 Å². The summed E-state index contributed by atoms with van der Waals surface area (Å²) >= 11 is 0. The number of hydrogen-bond acceptors (Lipinski definition) is 7. The van der Waals surface area contributed by atoms with E-state index in [1.807, 2.05) is 18.2 Å². The maximum Gasteiger partial charge on any atom is 0.259 e. The van der Waals surface area contributed by atoms with E-state index in [4.69, 9.17) is 4.98 Å². The molecule has 1 amide bonds. The Morgan fingerprint density at radius 2 is 1.89 bits per heavy atom. The third-order valence-corrected chi connectivity index (χ3v) is 8.98. The summed E-state index contributed by atoms with van der Waals surface area (Å²) in [5, 5.41) is 6.24. The molecule has 1 fully saturated rings. The number of fused-ring (bicyclic) bond motifs is 2. The molecule has 1 saturated heterocycles. The summed E-state index contributed by atoms with van der Waals surface area (Å²) < 4.78 is 24.9. The molecule has 2 aromatic heterocycles. The number of aromatic nitrogens is 3. The van der Waals surface area contributed by atoms with Gasteiger partial charge in [-0.2, -0.15) is 0 Å². The van der Waals surface area contributed by atoms with Crippen LogP contribution >= 0.6 is 0 Å². The number of hydrogen-bond donors (Lipinski definition) is 3. The molecule has 0 atom stereocenters. The lowest BCUT2D eigenvalue weighted by Gasteiger charge is -2.29. The van der Waals surface area contributed by atoms with Gasteiger partial charge < -0.3 is 20.5 Å². The number of carbonyl (C=O) groups excluding carboxylic acids is 1. The van der Waals surface area contributed by atoms with E-state index in [2.05, 4.69) is 20.6 Å². The number of sulfone groups is 1. The molecule has 2 aliphatic heterocycles. The molecular weight excluding hydrogens is 476 g/mol. The Morgan fingerprint density at radius 3 is 2.58 bits per heavy atom. The van der Waals surface area contributed by atoms with Gasteiger partial charge in [0.2, 0.25) is 0 Å². The van der Waals surface area contributed by atoms with Gasteiger partial charge in [0.25, 0.3) is 5.91 Å². The van der Waals surface area contributed by atoms with E-state index in [0.717, 1.165) is 29.9 Å². The number of anilines is 2. The minimum Gasteiger partial charge on any atom is -0.380 e. The van der Waals surface area contributed by atoms with Gasteiger partial charge in [0.1, 0.15) is 5.52 Å². The average molecular weight is 503 g/mol. The molecule has 4 heterocycles. The summed E-state index contributed by atoms with van der Waals surface area (Å²) in [7, 11) is -3.35. The first-order valence-electron chi connectivity index (χ1n) is 11.9. The van der Waals surface area contributed by atoms with Gasteiger partial charge in [0.15, 0.2) is 15.5 Å². The highest BCUT2D eigenvalue weighted by Gasteiger charge is 2.31. The van der Waals surface area contributed by atoms with E-state index in [9.17, 15) is 13.2 Å². The molecule has 0 aliphatic carbocycles. The Kier molecular flexibility index (Phi) is 5.31. The lowest BCUT2D eigenvalue weighted by atomic mass is 10.1. The maximum atomic E-state index is 13.3. The molecule has 0 bridgehead atoms. The molecule has 0 spiro atoms. The first kappa shape index (κ1) is 22.7. The molecule has 3 N–H and O–H groups in total. The third-order valence-electron chi connectivity index (χ3n) is 6.81. The minimum atomic E-state index is -3.35. The Morgan fingerprint density at radius 1 is 1.11 bits per heavy atom. The molecule has 10 heteroatoms. The molecule has 184 valence electrons. The SMILES string of the molecule is CC(C)S(=O)(=O)c1ccc(-c2cnc3[nH]cc(N4Cc5cc(NC6CNC6)ccc5C4=O)c3n2)cc1. The van der Waals surface area contributed by atoms with Gasteiger partial charge in [-0.15, -0.1) is 0 Å². The summed E-state index contributed by atoms with van der Waals surface area (Å²) in [5.41, 5.74) is 5.85. The zero-order chi connectivity index (χ0) is 25.0. The lowest BCUT2D eigenvalue weighted by molar-refractivity contribution is 0.0997. The van der Waals surface area contributed by atoms with Crippen LogP contribution in [0.2, 0.25) is 0 Å². The standard InChI is InChI=1S/C26H26N6O3S/c1-15(2)36(34,35)20-6-3-16(4-7-20)22-12-28-25-24(31-22)23(13-29-25)32-14-17-9-18(30-19-10-27-11-19)5-8-21(17)26(32)33/h3-9,12-13,15,19,27,30H,10-11,14H2,1-2H3,(H,28,29). The quantitative estimate of drug-likeness (QED) is 0.370. The Hall–Kier alpha value is -3.76. The average Bonchev–Trinajstić information content (AvgIpc) is 3.41. The van der Waals surface area contributed by atoms with Crippen LogP contribution in [-0.4, -0.2) is 53.7 Å². The Balaban J connectivity index is 1.30.